The number of esters is 1. The monoisotopic (exact) mass is 310 g/mol. The van der Waals surface area contributed by atoms with Crippen LogP contribution < -0.4 is 0 Å². The SMILES string of the molecule is C=CC(=O)OC12CC3CC(CC(OCCSCC)(C3)C1)C2. The van der Waals surface area contributed by atoms with Crippen molar-refractivity contribution in [2.24, 2.45) is 11.8 Å². The van der Waals surface area contributed by atoms with Crippen molar-refractivity contribution in [3.05, 3.63) is 12.7 Å². The van der Waals surface area contributed by atoms with E-state index in [1.807, 2.05) is 11.8 Å². The molecule has 3 nitrogen and oxygen atoms in total. The zero-order chi connectivity index (χ0) is 14.9. The van der Waals surface area contributed by atoms with Crippen LogP contribution in [0.15, 0.2) is 12.7 Å². The summed E-state index contributed by atoms with van der Waals surface area (Å²) in [5.41, 5.74) is -0.299. The third-order valence-corrected chi connectivity index (χ3v) is 6.14. The van der Waals surface area contributed by atoms with E-state index in [4.69, 9.17) is 9.47 Å². The van der Waals surface area contributed by atoms with E-state index >= 15 is 0 Å². The summed E-state index contributed by atoms with van der Waals surface area (Å²) in [4.78, 5) is 11.7. The van der Waals surface area contributed by atoms with Crippen LogP contribution in [0.3, 0.4) is 0 Å². The van der Waals surface area contributed by atoms with Crippen LogP contribution in [0, 0.1) is 11.8 Å². The first-order chi connectivity index (χ1) is 10.1. The summed E-state index contributed by atoms with van der Waals surface area (Å²) >= 11 is 1.93. The molecule has 4 aliphatic rings. The van der Waals surface area contributed by atoms with E-state index in [0.717, 1.165) is 50.2 Å². The first kappa shape index (κ1) is 15.4. The summed E-state index contributed by atoms with van der Waals surface area (Å²) in [5, 5.41) is 0. The molecule has 4 heteroatoms. The highest BCUT2D eigenvalue weighted by Gasteiger charge is 2.60. The lowest BCUT2D eigenvalue weighted by atomic mass is 9.52. The van der Waals surface area contributed by atoms with Crippen molar-refractivity contribution in [1.82, 2.24) is 0 Å². The lowest BCUT2D eigenvalue weighted by Crippen LogP contribution is -2.61. The van der Waals surface area contributed by atoms with Gasteiger partial charge < -0.3 is 9.47 Å². The van der Waals surface area contributed by atoms with Crippen molar-refractivity contribution in [2.45, 2.75) is 56.7 Å². The first-order valence-electron chi connectivity index (χ1n) is 8.16. The molecule has 0 aromatic carbocycles. The molecule has 4 saturated carbocycles. The van der Waals surface area contributed by atoms with E-state index in [2.05, 4.69) is 13.5 Å². The Morgan fingerprint density at radius 2 is 1.95 bits per heavy atom. The van der Waals surface area contributed by atoms with Crippen LogP contribution in [0.5, 0.6) is 0 Å². The Hall–Kier alpha value is -0.480. The third kappa shape index (κ3) is 3.16. The molecule has 4 bridgehead atoms. The minimum Gasteiger partial charge on any atom is -0.456 e. The van der Waals surface area contributed by atoms with Gasteiger partial charge in [-0.25, -0.2) is 4.79 Å². The van der Waals surface area contributed by atoms with E-state index in [1.54, 1.807) is 0 Å². The zero-order valence-corrected chi connectivity index (χ0v) is 13.8. The highest BCUT2D eigenvalue weighted by atomic mass is 32.2. The summed E-state index contributed by atoms with van der Waals surface area (Å²) in [6.45, 7) is 6.54. The van der Waals surface area contributed by atoms with E-state index in [9.17, 15) is 4.79 Å². The van der Waals surface area contributed by atoms with Gasteiger partial charge in [0.1, 0.15) is 5.60 Å². The van der Waals surface area contributed by atoms with Crippen LogP contribution in [0.4, 0.5) is 0 Å². The predicted molar refractivity (Wildman–Crippen MR) is 85.4 cm³/mol. The third-order valence-electron chi connectivity index (χ3n) is 5.28. The lowest BCUT2D eigenvalue weighted by molar-refractivity contribution is -0.229. The molecule has 2 atom stereocenters. The van der Waals surface area contributed by atoms with Crippen molar-refractivity contribution in [1.29, 1.82) is 0 Å². The number of carbonyl (C=O) groups excluding carboxylic acids is 1. The fraction of sp³-hybridized carbons (Fsp3) is 0.824. The molecule has 0 amide bonds. The molecule has 0 aliphatic heterocycles. The van der Waals surface area contributed by atoms with Gasteiger partial charge in [-0.15, -0.1) is 0 Å². The summed E-state index contributed by atoms with van der Waals surface area (Å²) in [7, 11) is 0. The van der Waals surface area contributed by atoms with E-state index in [-0.39, 0.29) is 17.2 Å². The van der Waals surface area contributed by atoms with Gasteiger partial charge in [-0.05, 0) is 49.7 Å². The number of thioether (sulfide) groups is 1. The van der Waals surface area contributed by atoms with Gasteiger partial charge in [0.05, 0.1) is 12.2 Å². The summed E-state index contributed by atoms with van der Waals surface area (Å²) in [6.07, 6.45) is 7.85. The van der Waals surface area contributed by atoms with Crippen LogP contribution in [-0.2, 0) is 14.3 Å². The topological polar surface area (TPSA) is 35.5 Å². The Balaban J connectivity index is 1.69. The summed E-state index contributed by atoms with van der Waals surface area (Å²) in [6, 6.07) is 0. The van der Waals surface area contributed by atoms with E-state index in [1.165, 1.54) is 12.5 Å². The second-order valence-electron chi connectivity index (χ2n) is 7.00. The molecule has 4 fully saturated rings. The quantitative estimate of drug-likeness (QED) is 0.409. The van der Waals surface area contributed by atoms with Crippen LogP contribution in [-0.4, -0.2) is 35.3 Å². The number of carbonyl (C=O) groups is 1. The smallest absolute Gasteiger partial charge is 0.330 e. The maximum absolute atomic E-state index is 11.7. The van der Waals surface area contributed by atoms with Gasteiger partial charge in [-0.3, -0.25) is 0 Å². The van der Waals surface area contributed by atoms with Crippen LogP contribution in [0.25, 0.3) is 0 Å². The molecule has 0 saturated heterocycles. The van der Waals surface area contributed by atoms with Gasteiger partial charge >= 0.3 is 5.97 Å². The molecule has 0 aromatic heterocycles. The average molecular weight is 310 g/mol. The second kappa shape index (κ2) is 5.96. The van der Waals surface area contributed by atoms with Crippen molar-refractivity contribution in [3.8, 4) is 0 Å². The minimum absolute atomic E-state index is 0.0279. The van der Waals surface area contributed by atoms with Gasteiger partial charge in [0.25, 0.3) is 0 Å². The molecule has 2 unspecified atom stereocenters. The maximum Gasteiger partial charge on any atom is 0.330 e. The maximum atomic E-state index is 11.7. The standard InChI is InChI=1S/C17H26O3S/c1-3-15(18)20-17-10-13-7-14(11-17)9-16(8-13,12-17)19-5-6-21-4-2/h3,13-14H,1,4-12H2,2H3. The first-order valence-corrected chi connectivity index (χ1v) is 9.31. The van der Waals surface area contributed by atoms with Crippen LogP contribution >= 0.6 is 11.8 Å². The van der Waals surface area contributed by atoms with Gasteiger partial charge in [0, 0.05) is 18.2 Å². The Morgan fingerprint density at radius 3 is 2.57 bits per heavy atom. The molecule has 4 aliphatic carbocycles. The second-order valence-corrected chi connectivity index (χ2v) is 8.39. The molecule has 0 aromatic rings. The Kier molecular flexibility index (Phi) is 4.37. The van der Waals surface area contributed by atoms with Gasteiger partial charge in [0.15, 0.2) is 0 Å². The largest absolute Gasteiger partial charge is 0.456 e. The predicted octanol–water partition coefficient (Wildman–Crippen LogP) is 3.58. The molecule has 0 spiro atoms. The van der Waals surface area contributed by atoms with E-state index < -0.39 is 0 Å². The number of hydrogen-bond acceptors (Lipinski definition) is 4. The number of ether oxygens (including phenoxy) is 2. The van der Waals surface area contributed by atoms with Gasteiger partial charge in [-0.1, -0.05) is 13.5 Å². The fourth-order valence-electron chi connectivity index (χ4n) is 5.10. The molecule has 0 N–H and O–H groups in total. The van der Waals surface area contributed by atoms with Crippen LogP contribution in [0.1, 0.15) is 45.4 Å². The van der Waals surface area contributed by atoms with E-state index in [0.29, 0.717) is 11.8 Å². The summed E-state index contributed by atoms with van der Waals surface area (Å²) in [5.74, 6) is 3.27. The Morgan fingerprint density at radius 1 is 1.29 bits per heavy atom. The molecule has 118 valence electrons. The van der Waals surface area contributed by atoms with Crippen molar-refractivity contribution >= 4 is 17.7 Å². The molecular weight excluding hydrogens is 284 g/mol. The number of rotatable bonds is 7. The van der Waals surface area contributed by atoms with Gasteiger partial charge in [-0.2, -0.15) is 11.8 Å². The lowest BCUT2D eigenvalue weighted by Gasteiger charge is -2.60. The summed E-state index contributed by atoms with van der Waals surface area (Å²) < 4.78 is 12.2. The minimum atomic E-state index is -0.271. The molecule has 0 radical (unpaired) electrons. The zero-order valence-electron chi connectivity index (χ0n) is 12.9. The molecule has 0 heterocycles. The highest BCUT2D eigenvalue weighted by Crippen LogP contribution is 2.60. The van der Waals surface area contributed by atoms with Crippen molar-refractivity contribution in [2.75, 3.05) is 18.1 Å². The highest BCUT2D eigenvalue weighted by molar-refractivity contribution is 7.99. The van der Waals surface area contributed by atoms with Crippen molar-refractivity contribution < 1.29 is 14.3 Å². The molecular formula is C17H26O3S. The number of hydrogen-bond donors (Lipinski definition) is 0. The Bertz CT molecular complexity index is 406. The van der Waals surface area contributed by atoms with Gasteiger partial charge in [0.2, 0.25) is 0 Å². The molecule has 4 rings (SSSR count). The fourth-order valence-corrected chi connectivity index (χ4v) is 5.59. The van der Waals surface area contributed by atoms with Crippen molar-refractivity contribution in [3.63, 3.8) is 0 Å². The Labute approximate surface area is 131 Å². The average Bonchev–Trinajstić information content (AvgIpc) is 2.41. The molecule has 21 heavy (non-hydrogen) atoms. The normalized spacial score (nSPS) is 40.2. The van der Waals surface area contributed by atoms with Crippen LogP contribution in [0.2, 0.25) is 0 Å².